The van der Waals surface area contributed by atoms with Crippen molar-refractivity contribution in [1.29, 1.82) is 0 Å². The number of hydrogen-bond donors (Lipinski definition) is 2. The van der Waals surface area contributed by atoms with Crippen LogP contribution in [-0.2, 0) is 0 Å². The van der Waals surface area contributed by atoms with Gasteiger partial charge in [0.25, 0.3) is 0 Å². The molecule has 0 unspecified atom stereocenters. The van der Waals surface area contributed by atoms with Crippen molar-refractivity contribution in [2.24, 2.45) is 5.73 Å². The zero-order chi connectivity index (χ0) is 14.9. The Morgan fingerprint density at radius 2 is 1.90 bits per heavy atom. The van der Waals surface area contributed by atoms with Crippen molar-refractivity contribution in [3.8, 4) is 0 Å². The lowest BCUT2D eigenvalue weighted by atomic mass is 10.1. The fourth-order valence-corrected chi connectivity index (χ4v) is 2.36. The summed E-state index contributed by atoms with van der Waals surface area (Å²) in [5.41, 5.74) is 7.45. The van der Waals surface area contributed by atoms with Crippen LogP contribution in [0.4, 0.5) is 20.2 Å². The summed E-state index contributed by atoms with van der Waals surface area (Å²) in [6.45, 7) is 1.75. The molecule has 0 spiro atoms. The molecule has 0 fully saturated rings. The number of halogens is 3. The SMILES string of the molecule is Cc1cc(F)c(Br)cc1Nc1cccc(F)c1C(N)=S. The Balaban J connectivity index is 2.48. The van der Waals surface area contributed by atoms with Gasteiger partial charge in [-0.15, -0.1) is 0 Å². The van der Waals surface area contributed by atoms with Gasteiger partial charge in [-0.3, -0.25) is 0 Å². The molecule has 0 aliphatic carbocycles. The zero-order valence-corrected chi connectivity index (χ0v) is 12.9. The smallest absolute Gasteiger partial charge is 0.137 e. The van der Waals surface area contributed by atoms with Crippen molar-refractivity contribution in [1.82, 2.24) is 0 Å². The van der Waals surface area contributed by atoms with Gasteiger partial charge in [0.05, 0.1) is 15.7 Å². The average molecular weight is 357 g/mol. The summed E-state index contributed by atoms with van der Waals surface area (Å²) < 4.78 is 27.5. The summed E-state index contributed by atoms with van der Waals surface area (Å²) >= 11 is 7.98. The van der Waals surface area contributed by atoms with Gasteiger partial charge in [-0.25, -0.2) is 8.78 Å². The largest absolute Gasteiger partial charge is 0.389 e. The lowest BCUT2D eigenvalue weighted by molar-refractivity contribution is 0.620. The molecule has 0 saturated carbocycles. The van der Waals surface area contributed by atoms with E-state index < -0.39 is 5.82 Å². The topological polar surface area (TPSA) is 38.0 Å². The van der Waals surface area contributed by atoms with Gasteiger partial charge in [-0.1, -0.05) is 18.3 Å². The molecule has 0 atom stereocenters. The number of benzene rings is 2. The number of nitrogens with two attached hydrogens (primary N) is 1. The van der Waals surface area contributed by atoms with E-state index in [9.17, 15) is 8.78 Å². The van der Waals surface area contributed by atoms with Gasteiger partial charge in [-0.05, 0) is 52.7 Å². The third-order valence-electron chi connectivity index (χ3n) is 2.80. The summed E-state index contributed by atoms with van der Waals surface area (Å²) in [6, 6.07) is 7.46. The van der Waals surface area contributed by atoms with Crippen molar-refractivity contribution < 1.29 is 8.78 Å². The fraction of sp³-hybridized carbons (Fsp3) is 0.0714. The predicted molar refractivity (Wildman–Crippen MR) is 84.4 cm³/mol. The molecule has 2 rings (SSSR count). The van der Waals surface area contributed by atoms with E-state index >= 15 is 0 Å². The van der Waals surface area contributed by atoms with Crippen LogP contribution in [0, 0.1) is 18.6 Å². The molecule has 0 amide bonds. The van der Waals surface area contributed by atoms with E-state index in [-0.39, 0.29) is 16.4 Å². The Morgan fingerprint density at radius 1 is 1.20 bits per heavy atom. The molecule has 0 aliphatic rings. The fourth-order valence-electron chi connectivity index (χ4n) is 1.80. The first-order valence-electron chi connectivity index (χ1n) is 5.71. The molecule has 0 saturated heterocycles. The van der Waals surface area contributed by atoms with Crippen LogP contribution in [0.3, 0.4) is 0 Å². The molecule has 2 aromatic carbocycles. The lowest BCUT2D eigenvalue weighted by Crippen LogP contribution is -2.14. The first-order valence-corrected chi connectivity index (χ1v) is 6.91. The molecular weight excluding hydrogens is 346 g/mol. The second-order valence-electron chi connectivity index (χ2n) is 4.23. The Bertz CT molecular complexity index is 689. The molecule has 0 radical (unpaired) electrons. The number of aryl methyl sites for hydroxylation is 1. The zero-order valence-electron chi connectivity index (χ0n) is 10.5. The Labute approximate surface area is 129 Å². The highest BCUT2D eigenvalue weighted by molar-refractivity contribution is 9.10. The van der Waals surface area contributed by atoms with Crippen molar-refractivity contribution in [3.63, 3.8) is 0 Å². The molecule has 0 aromatic heterocycles. The number of nitrogens with one attached hydrogen (secondary N) is 1. The number of anilines is 2. The number of rotatable bonds is 3. The molecule has 2 aromatic rings. The van der Waals surface area contributed by atoms with Crippen LogP contribution < -0.4 is 11.1 Å². The Kier molecular flexibility index (Phi) is 4.35. The van der Waals surface area contributed by atoms with Crippen LogP contribution in [0.2, 0.25) is 0 Å². The summed E-state index contributed by atoms with van der Waals surface area (Å²) in [5.74, 6) is -0.858. The van der Waals surface area contributed by atoms with Gasteiger partial charge in [0.15, 0.2) is 0 Å². The molecule has 2 nitrogen and oxygen atoms in total. The van der Waals surface area contributed by atoms with Crippen molar-refractivity contribution in [2.75, 3.05) is 5.32 Å². The first kappa shape index (κ1) is 14.9. The van der Waals surface area contributed by atoms with E-state index in [1.54, 1.807) is 25.1 Å². The summed E-state index contributed by atoms with van der Waals surface area (Å²) in [4.78, 5) is -0.0376. The molecular formula is C14H11BrF2N2S. The molecule has 104 valence electrons. The summed E-state index contributed by atoms with van der Waals surface area (Å²) in [6.07, 6.45) is 0. The van der Waals surface area contributed by atoms with Crippen LogP contribution in [-0.4, -0.2) is 4.99 Å². The van der Waals surface area contributed by atoms with Gasteiger partial charge in [0.1, 0.15) is 16.6 Å². The quantitative estimate of drug-likeness (QED) is 0.799. The van der Waals surface area contributed by atoms with Crippen LogP contribution in [0.1, 0.15) is 11.1 Å². The molecule has 0 aliphatic heterocycles. The maximum absolute atomic E-state index is 13.8. The monoisotopic (exact) mass is 356 g/mol. The minimum atomic E-state index is -0.499. The van der Waals surface area contributed by atoms with E-state index in [4.69, 9.17) is 18.0 Å². The van der Waals surface area contributed by atoms with Gasteiger partial charge >= 0.3 is 0 Å². The number of thiocarbonyl (C=S) groups is 1. The maximum Gasteiger partial charge on any atom is 0.137 e. The second kappa shape index (κ2) is 5.85. The molecule has 20 heavy (non-hydrogen) atoms. The van der Waals surface area contributed by atoms with Gasteiger partial charge in [-0.2, -0.15) is 0 Å². The van der Waals surface area contributed by atoms with E-state index in [0.29, 0.717) is 21.4 Å². The Hall–Kier alpha value is -1.53. The van der Waals surface area contributed by atoms with Gasteiger partial charge < -0.3 is 11.1 Å². The molecule has 0 heterocycles. The third-order valence-corrected chi connectivity index (χ3v) is 3.61. The minimum absolute atomic E-state index is 0.0376. The summed E-state index contributed by atoms with van der Waals surface area (Å²) in [5, 5.41) is 3.03. The average Bonchev–Trinajstić information content (AvgIpc) is 2.35. The first-order chi connectivity index (χ1) is 9.40. The highest BCUT2D eigenvalue weighted by Gasteiger charge is 2.13. The standard InChI is InChI=1S/C14H11BrF2N2S/c1-7-5-10(17)8(15)6-12(7)19-11-4-2-3-9(16)13(11)14(18)20/h2-6,19H,1H3,(H2,18,20). The second-order valence-corrected chi connectivity index (χ2v) is 5.53. The minimum Gasteiger partial charge on any atom is -0.389 e. The van der Waals surface area contributed by atoms with Crippen LogP contribution >= 0.6 is 28.1 Å². The number of hydrogen-bond acceptors (Lipinski definition) is 2. The van der Waals surface area contributed by atoms with Crippen molar-refractivity contribution in [2.45, 2.75) is 6.92 Å². The van der Waals surface area contributed by atoms with E-state index in [0.717, 1.165) is 0 Å². The van der Waals surface area contributed by atoms with Crippen molar-refractivity contribution in [3.05, 3.63) is 57.6 Å². The maximum atomic E-state index is 13.8. The highest BCUT2D eigenvalue weighted by atomic mass is 79.9. The predicted octanol–water partition coefficient (Wildman–Crippen LogP) is 4.41. The van der Waals surface area contributed by atoms with E-state index in [1.165, 1.54) is 12.1 Å². The van der Waals surface area contributed by atoms with E-state index in [2.05, 4.69) is 21.2 Å². The van der Waals surface area contributed by atoms with Gasteiger partial charge in [0, 0.05) is 5.69 Å². The highest BCUT2D eigenvalue weighted by Crippen LogP contribution is 2.29. The normalized spacial score (nSPS) is 10.4. The molecule has 3 N–H and O–H groups in total. The molecule has 0 bridgehead atoms. The summed E-state index contributed by atoms with van der Waals surface area (Å²) in [7, 11) is 0. The lowest BCUT2D eigenvalue weighted by Gasteiger charge is -2.14. The van der Waals surface area contributed by atoms with Crippen LogP contribution in [0.25, 0.3) is 0 Å². The third kappa shape index (κ3) is 2.96. The Morgan fingerprint density at radius 3 is 2.55 bits per heavy atom. The van der Waals surface area contributed by atoms with E-state index in [1.807, 2.05) is 0 Å². The van der Waals surface area contributed by atoms with Crippen LogP contribution in [0.5, 0.6) is 0 Å². The molecule has 6 heteroatoms. The van der Waals surface area contributed by atoms with Crippen LogP contribution in [0.15, 0.2) is 34.8 Å². The van der Waals surface area contributed by atoms with Crippen molar-refractivity contribution >= 4 is 44.5 Å². The van der Waals surface area contributed by atoms with Gasteiger partial charge in [0.2, 0.25) is 0 Å².